The van der Waals surface area contributed by atoms with Gasteiger partial charge in [0.1, 0.15) is 11.9 Å². The molecule has 0 spiro atoms. The van der Waals surface area contributed by atoms with Crippen LogP contribution in [0.1, 0.15) is 59.2 Å². The van der Waals surface area contributed by atoms with Gasteiger partial charge in [-0.15, -0.1) is 0 Å². The van der Waals surface area contributed by atoms with E-state index in [1.165, 1.54) is 6.07 Å². The molecule has 1 aromatic rings. The molecule has 2 heterocycles. The lowest BCUT2D eigenvalue weighted by atomic mass is 9.89. The van der Waals surface area contributed by atoms with E-state index >= 15 is 4.39 Å². The fourth-order valence-electron chi connectivity index (χ4n) is 4.84. The van der Waals surface area contributed by atoms with Gasteiger partial charge >= 0.3 is 0 Å². The number of hydrogen-bond donors (Lipinski definition) is 2. The number of benzene rings is 1. The SMILES string of the molecule is CN[C@H]1CCCC[C@@H]1N(C)c1cc2c(cc1F)C(=O)N(C1CCC(=O)NC1=O)C2=O. The molecule has 1 saturated heterocycles. The molecule has 4 rings (SSSR count). The van der Waals surface area contributed by atoms with Gasteiger partial charge in [0, 0.05) is 25.6 Å². The zero-order valence-electron chi connectivity index (χ0n) is 17.0. The van der Waals surface area contributed by atoms with Crippen LogP contribution in [0.25, 0.3) is 0 Å². The summed E-state index contributed by atoms with van der Waals surface area (Å²) in [6.07, 6.45) is 4.14. The Morgan fingerprint density at radius 2 is 1.73 bits per heavy atom. The number of imide groups is 2. The Morgan fingerprint density at radius 1 is 1.07 bits per heavy atom. The van der Waals surface area contributed by atoms with Gasteiger partial charge in [-0.05, 0) is 38.4 Å². The minimum atomic E-state index is -1.06. The summed E-state index contributed by atoms with van der Waals surface area (Å²) in [5, 5.41) is 5.44. The van der Waals surface area contributed by atoms with E-state index in [1.807, 2.05) is 11.9 Å². The second-order valence-corrected chi connectivity index (χ2v) is 8.15. The summed E-state index contributed by atoms with van der Waals surface area (Å²) in [5.41, 5.74) is 0.296. The van der Waals surface area contributed by atoms with Crippen LogP contribution in [-0.4, -0.2) is 60.7 Å². The van der Waals surface area contributed by atoms with Crippen LogP contribution in [0.4, 0.5) is 10.1 Å². The third kappa shape index (κ3) is 3.27. The molecule has 1 aliphatic carbocycles. The highest BCUT2D eigenvalue weighted by molar-refractivity contribution is 6.23. The molecule has 1 saturated carbocycles. The van der Waals surface area contributed by atoms with Crippen molar-refractivity contribution in [3.63, 3.8) is 0 Å². The van der Waals surface area contributed by atoms with Crippen LogP contribution in [-0.2, 0) is 9.59 Å². The third-order valence-electron chi connectivity index (χ3n) is 6.48. The Bertz CT molecular complexity index is 934. The molecule has 3 atom stereocenters. The Balaban J connectivity index is 1.65. The van der Waals surface area contributed by atoms with Gasteiger partial charge in [-0.1, -0.05) is 12.8 Å². The molecule has 2 aliphatic heterocycles. The summed E-state index contributed by atoms with van der Waals surface area (Å²) in [7, 11) is 3.68. The summed E-state index contributed by atoms with van der Waals surface area (Å²) in [5.74, 6) is -3.04. The lowest BCUT2D eigenvalue weighted by Gasteiger charge is -2.39. The Morgan fingerprint density at radius 3 is 2.40 bits per heavy atom. The second kappa shape index (κ2) is 7.79. The predicted molar refractivity (Wildman–Crippen MR) is 107 cm³/mol. The highest BCUT2D eigenvalue weighted by Crippen LogP contribution is 2.34. The number of piperidine rings is 1. The quantitative estimate of drug-likeness (QED) is 0.716. The fraction of sp³-hybridized carbons (Fsp3) is 0.524. The van der Waals surface area contributed by atoms with Crippen LogP contribution >= 0.6 is 0 Å². The minimum Gasteiger partial charge on any atom is -0.368 e. The van der Waals surface area contributed by atoms with Crippen molar-refractivity contribution in [3.8, 4) is 0 Å². The van der Waals surface area contributed by atoms with Gasteiger partial charge in [0.15, 0.2) is 0 Å². The maximum Gasteiger partial charge on any atom is 0.262 e. The Kier molecular flexibility index (Phi) is 5.31. The van der Waals surface area contributed by atoms with Gasteiger partial charge in [-0.25, -0.2) is 4.39 Å². The van der Waals surface area contributed by atoms with Gasteiger partial charge in [0.2, 0.25) is 11.8 Å². The molecule has 8 nitrogen and oxygen atoms in total. The van der Waals surface area contributed by atoms with Crippen molar-refractivity contribution in [2.24, 2.45) is 0 Å². The van der Waals surface area contributed by atoms with E-state index in [9.17, 15) is 19.2 Å². The molecule has 30 heavy (non-hydrogen) atoms. The van der Waals surface area contributed by atoms with E-state index in [2.05, 4.69) is 10.6 Å². The first-order valence-electron chi connectivity index (χ1n) is 10.3. The van der Waals surface area contributed by atoms with Gasteiger partial charge < -0.3 is 10.2 Å². The summed E-state index contributed by atoms with van der Waals surface area (Å²) >= 11 is 0. The number of likely N-dealkylation sites (N-methyl/N-ethyl adjacent to an activating group) is 2. The standard InChI is InChI=1S/C21H25FN4O4/c1-23-14-5-3-4-6-15(14)25(2)17-10-12-11(9-13(17)22)20(29)26(21(12)30)16-7-8-18(27)24-19(16)28/h9-10,14-16,23H,3-8H2,1-2H3,(H,24,27,28)/t14-,15-,16?/m0/s1. The number of nitrogens with one attached hydrogen (secondary N) is 2. The smallest absolute Gasteiger partial charge is 0.262 e. The maximum atomic E-state index is 15.0. The second-order valence-electron chi connectivity index (χ2n) is 8.15. The van der Waals surface area contributed by atoms with E-state index in [1.54, 1.807) is 7.05 Å². The monoisotopic (exact) mass is 416 g/mol. The number of amides is 4. The van der Waals surface area contributed by atoms with Gasteiger partial charge in [0.05, 0.1) is 16.8 Å². The van der Waals surface area contributed by atoms with Crippen LogP contribution < -0.4 is 15.5 Å². The number of carbonyl (C=O) groups excluding carboxylic acids is 4. The van der Waals surface area contributed by atoms with Crippen molar-refractivity contribution < 1.29 is 23.6 Å². The molecule has 1 unspecified atom stereocenters. The normalized spacial score (nSPS) is 26.6. The van der Waals surface area contributed by atoms with Crippen LogP contribution in [0.3, 0.4) is 0 Å². The van der Waals surface area contributed by atoms with E-state index in [-0.39, 0.29) is 41.7 Å². The van der Waals surface area contributed by atoms with Crippen molar-refractivity contribution in [1.29, 1.82) is 0 Å². The fourth-order valence-corrected chi connectivity index (χ4v) is 4.84. The number of fused-ring (bicyclic) bond motifs is 1. The highest BCUT2D eigenvalue weighted by atomic mass is 19.1. The van der Waals surface area contributed by atoms with E-state index < -0.39 is 35.5 Å². The largest absolute Gasteiger partial charge is 0.368 e. The van der Waals surface area contributed by atoms with Crippen LogP contribution in [0.5, 0.6) is 0 Å². The first-order chi connectivity index (χ1) is 14.3. The van der Waals surface area contributed by atoms with E-state index in [0.717, 1.165) is 36.6 Å². The number of rotatable bonds is 4. The van der Waals surface area contributed by atoms with Gasteiger partial charge in [0.25, 0.3) is 11.8 Å². The zero-order valence-corrected chi connectivity index (χ0v) is 17.0. The van der Waals surface area contributed by atoms with Crippen molar-refractivity contribution in [2.75, 3.05) is 19.0 Å². The van der Waals surface area contributed by atoms with Gasteiger partial charge in [-0.3, -0.25) is 29.4 Å². The lowest BCUT2D eigenvalue weighted by molar-refractivity contribution is -0.136. The number of hydrogen-bond acceptors (Lipinski definition) is 6. The molecular weight excluding hydrogens is 391 g/mol. The molecule has 2 N–H and O–H groups in total. The summed E-state index contributed by atoms with van der Waals surface area (Å²) in [4.78, 5) is 52.1. The maximum absolute atomic E-state index is 15.0. The summed E-state index contributed by atoms with van der Waals surface area (Å²) in [6.45, 7) is 0. The molecule has 160 valence electrons. The predicted octanol–water partition coefficient (Wildman–Crippen LogP) is 1.19. The molecule has 0 bridgehead atoms. The Labute approximate surface area is 173 Å². The molecule has 2 fully saturated rings. The van der Waals surface area contributed by atoms with Crippen molar-refractivity contribution in [2.45, 2.75) is 56.7 Å². The van der Waals surface area contributed by atoms with E-state index in [0.29, 0.717) is 0 Å². The third-order valence-corrected chi connectivity index (χ3v) is 6.48. The van der Waals surface area contributed by atoms with Crippen molar-refractivity contribution >= 4 is 29.3 Å². The van der Waals surface area contributed by atoms with Crippen molar-refractivity contribution in [3.05, 3.63) is 29.1 Å². The number of halogens is 1. The first kappa shape index (κ1) is 20.5. The molecular formula is C21H25FN4O4. The van der Waals surface area contributed by atoms with Gasteiger partial charge in [-0.2, -0.15) is 0 Å². The first-order valence-corrected chi connectivity index (χ1v) is 10.3. The zero-order chi connectivity index (χ0) is 21.6. The molecule has 0 radical (unpaired) electrons. The molecule has 4 amide bonds. The molecule has 0 aromatic heterocycles. The lowest BCUT2D eigenvalue weighted by Crippen LogP contribution is -2.54. The number of nitrogens with zero attached hydrogens (tertiary/aromatic N) is 2. The molecule has 1 aromatic carbocycles. The topological polar surface area (TPSA) is 98.8 Å². The molecule has 9 heteroatoms. The average Bonchev–Trinajstić information content (AvgIpc) is 2.96. The molecule has 3 aliphatic rings. The highest BCUT2D eigenvalue weighted by Gasteiger charge is 2.45. The Hall–Kier alpha value is -2.81. The van der Waals surface area contributed by atoms with Crippen LogP contribution in [0, 0.1) is 5.82 Å². The average molecular weight is 416 g/mol. The summed E-state index contributed by atoms with van der Waals surface area (Å²) in [6, 6.07) is 1.71. The van der Waals surface area contributed by atoms with Crippen LogP contribution in [0.15, 0.2) is 12.1 Å². The number of carbonyl (C=O) groups is 4. The minimum absolute atomic E-state index is 0.0409. The van der Waals surface area contributed by atoms with Crippen LogP contribution in [0.2, 0.25) is 0 Å². The van der Waals surface area contributed by atoms with Crippen molar-refractivity contribution in [1.82, 2.24) is 15.5 Å². The summed E-state index contributed by atoms with van der Waals surface area (Å²) < 4.78 is 15.0. The number of anilines is 1. The van der Waals surface area contributed by atoms with E-state index in [4.69, 9.17) is 0 Å².